The number of nitrogens with zero attached hydrogens (tertiary/aromatic N) is 3. The molecule has 1 aliphatic rings. The van der Waals surface area contributed by atoms with E-state index in [0.29, 0.717) is 6.54 Å². The van der Waals surface area contributed by atoms with Crippen LogP contribution in [0.15, 0.2) is 22.7 Å². The Morgan fingerprint density at radius 3 is 2.77 bits per heavy atom. The summed E-state index contributed by atoms with van der Waals surface area (Å²) in [4.78, 5) is 18.8. The Kier molecular flexibility index (Phi) is 3.67. The minimum Gasteiger partial charge on any atom is -0.444 e. The summed E-state index contributed by atoms with van der Waals surface area (Å²) >= 11 is 3.48. The Morgan fingerprint density at radius 2 is 2.09 bits per heavy atom. The molecule has 2 heterocycles. The first-order valence-electron chi connectivity index (χ1n) is 7.41. The zero-order chi connectivity index (χ0) is 16.1. The number of imidazole rings is 1. The van der Waals surface area contributed by atoms with Gasteiger partial charge in [-0.3, -0.25) is 4.90 Å². The second-order valence-corrected chi connectivity index (χ2v) is 7.52. The molecule has 0 fully saturated rings. The fourth-order valence-corrected chi connectivity index (χ4v) is 3.14. The van der Waals surface area contributed by atoms with Gasteiger partial charge < -0.3 is 9.30 Å². The number of carbonyl (C=O) groups is 1. The monoisotopic (exact) mass is 365 g/mol. The highest BCUT2D eigenvalue weighted by Crippen LogP contribution is 2.30. The highest BCUT2D eigenvalue weighted by atomic mass is 79.9. The van der Waals surface area contributed by atoms with Crippen LogP contribution in [0.1, 0.15) is 39.6 Å². The number of carbonyl (C=O) groups excluding carboxylic acids is 1. The fraction of sp³-hybridized carbons (Fsp3) is 0.500. The molecule has 2 aromatic rings. The van der Waals surface area contributed by atoms with Crippen LogP contribution in [0, 0.1) is 0 Å². The lowest BCUT2D eigenvalue weighted by molar-refractivity contribution is 0.0123. The standard InChI is InChI=1S/C16H20BrN3O2/c1-10-14-18-12-9-11(17)5-6-13(12)20(14)8-7-19(10)15(21)22-16(2,3)4/h5-6,9-10H,7-8H2,1-4H3/t10-/m1/s1. The number of amides is 1. The van der Waals surface area contributed by atoms with Crippen LogP contribution in [0.5, 0.6) is 0 Å². The lowest BCUT2D eigenvalue weighted by Crippen LogP contribution is -2.43. The van der Waals surface area contributed by atoms with Crippen LogP contribution in [-0.2, 0) is 11.3 Å². The van der Waals surface area contributed by atoms with E-state index < -0.39 is 5.60 Å². The first-order chi connectivity index (χ1) is 10.3. The first kappa shape index (κ1) is 15.3. The highest BCUT2D eigenvalue weighted by molar-refractivity contribution is 9.10. The lowest BCUT2D eigenvalue weighted by Gasteiger charge is -2.35. The van der Waals surface area contributed by atoms with E-state index >= 15 is 0 Å². The Bertz CT molecular complexity index is 733. The van der Waals surface area contributed by atoms with Gasteiger partial charge in [0.05, 0.1) is 17.1 Å². The minimum atomic E-state index is -0.487. The maximum atomic E-state index is 12.4. The van der Waals surface area contributed by atoms with Crippen molar-refractivity contribution in [3.8, 4) is 0 Å². The molecule has 0 N–H and O–H groups in total. The second-order valence-electron chi connectivity index (χ2n) is 6.60. The number of aromatic nitrogens is 2. The van der Waals surface area contributed by atoms with E-state index in [9.17, 15) is 4.79 Å². The lowest BCUT2D eigenvalue weighted by atomic mass is 10.2. The maximum Gasteiger partial charge on any atom is 0.410 e. The molecule has 1 aliphatic heterocycles. The van der Waals surface area contributed by atoms with E-state index in [1.54, 1.807) is 4.90 Å². The molecular weight excluding hydrogens is 346 g/mol. The Labute approximate surface area is 138 Å². The smallest absolute Gasteiger partial charge is 0.410 e. The van der Waals surface area contributed by atoms with Gasteiger partial charge in [-0.2, -0.15) is 0 Å². The van der Waals surface area contributed by atoms with Gasteiger partial charge in [-0.15, -0.1) is 0 Å². The van der Waals surface area contributed by atoms with Crippen LogP contribution in [0.4, 0.5) is 4.79 Å². The van der Waals surface area contributed by atoms with Gasteiger partial charge in [-0.25, -0.2) is 9.78 Å². The van der Waals surface area contributed by atoms with Crippen molar-refractivity contribution in [2.75, 3.05) is 6.54 Å². The SMILES string of the molecule is C[C@@H]1c2nc3cc(Br)ccc3n2CCN1C(=O)OC(C)(C)C. The summed E-state index contributed by atoms with van der Waals surface area (Å²) in [6.45, 7) is 9.00. The second kappa shape index (κ2) is 5.26. The molecule has 3 rings (SSSR count). The summed E-state index contributed by atoms with van der Waals surface area (Å²) in [6, 6.07) is 5.98. The van der Waals surface area contributed by atoms with Crippen LogP contribution < -0.4 is 0 Å². The van der Waals surface area contributed by atoms with E-state index in [1.165, 1.54) is 0 Å². The van der Waals surface area contributed by atoms with Crippen LogP contribution in [0.2, 0.25) is 0 Å². The molecule has 0 saturated heterocycles. The molecule has 22 heavy (non-hydrogen) atoms. The zero-order valence-electron chi connectivity index (χ0n) is 13.3. The van der Waals surface area contributed by atoms with Crippen molar-refractivity contribution in [1.82, 2.24) is 14.5 Å². The topological polar surface area (TPSA) is 47.4 Å². The average Bonchev–Trinajstić information content (AvgIpc) is 2.75. The van der Waals surface area contributed by atoms with E-state index in [2.05, 4.69) is 26.6 Å². The van der Waals surface area contributed by atoms with Crippen LogP contribution in [-0.4, -0.2) is 32.7 Å². The van der Waals surface area contributed by atoms with Crippen LogP contribution >= 0.6 is 15.9 Å². The molecular formula is C16H20BrN3O2. The van der Waals surface area contributed by atoms with Gasteiger partial charge in [-0.05, 0) is 45.9 Å². The van der Waals surface area contributed by atoms with Crippen molar-refractivity contribution in [2.24, 2.45) is 0 Å². The molecule has 1 atom stereocenters. The van der Waals surface area contributed by atoms with Gasteiger partial charge in [0.25, 0.3) is 0 Å². The van der Waals surface area contributed by atoms with Crippen molar-refractivity contribution in [3.63, 3.8) is 0 Å². The average molecular weight is 366 g/mol. The zero-order valence-corrected chi connectivity index (χ0v) is 14.8. The molecule has 0 radical (unpaired) electrons. The fourth-order valence-electron chi connectivity index (χ4n) is 2.79. The first-order valence-corrected chi connectivity index (χ1v) is 8.21. The number of hydrogen-bond donors (Lipinski definition) is 0. The molecule has 0 bridgehead atoms. The Hall–Kier alpha value is -1.56. The molecule has 6 heteroatoms. The molecule has 5 nitrogen and oxygen atoms in total. The predicted octanol–water partition coefficient (Wildman–Crippen LogP) is 4.11. The van der Waals surface area contributed by atoms with Crippen molar-refractivity contribution in [3.05, 3.63) is 28.5 Å². The molecule has 0 unspecified atom stereocenters. The van der Waals surface area contributed by atoms with Gasteiger partial charge in [-0.1, -0.05) is 15.9 Å². The molecule has 1 amide bonds. The molecule has 118 valence electrons. The van der Waals surface area contributed by atoms with Crippen molar-refractivity contribution in [1.29, 1.82) is 0 Å². The summed E-state index contributed by atoms with van der Waals surface area (Å²) in [5, 5.41) is 0. The minimum absolute atomic E-state index is 0.102. The summed E-state index contributed by atoms with van der Waals surface area (Å²) < 4.78 is 8.69. The van der Waals surface area contributed by atoms with Crippen LogP contribution in [0.3, 0.4) is 0 Å². The number of halogens is 1. The molecule has 1 aromatic carbocycles. The summed E-state index contributed by atoms with van der Waals surface area (Å²) in [6.07, 6.45) is -0.278. The van der Waals surface area contributed by atoms with Gasteiger partial charge in [0, 0.05) is 17.6 Å². The Balaban J connectivity index is 1.94. The van der Waals surface area contributed by atoms with Crippen LogP contribution in [0.25, 0.3) is 11.0 Å². The van der Waals surface area contributed by atoms with E-state index in [0.717, 1.165) is 27.9 Å². The highest BCUT2D eigenvalue weighted by Gasteiger charge is 2.33. The predicted molar refractivity (Wildman–Crippen MR) is 88.8 cm³/mol. The number of benzene rings is 1. The third-order valence-corrected chi connectivity index (χ3v) is 4.27. The third-order valence-electron chi connectivity index (χ3n) is 3.77. The summed E-state index contributed by atoms with van der Waals surface area (Å²) in [5.74, 6) is 0.908. The molecule has 0 spiro atoms. The van der Waals surface area contributed by atoms with Gasteiger partial charge in [0.15, 0.2) is 0 Å². The van der Waals surface area contributed by atoms with Gasteiger partial charge in [0.1, 0.15) is 11.4 Å². The van der Waals surface area contributed by atoms with E-state index in [1.807, 2.05) is 39.8 Å². The quantitative estimate of drug-likeness (QED) is 0.705. The van der Waals surface area contributed by atoms with Gasteiger partial charge >= 0.3 is 6.09 Å². The number of ether oxygens (including phenoxy) is 1. The Morgan fingerprint density at radius 1 is 1.36 bits per heavy atom. The third kappa shape index (κ3) is 2.72. The van der Waals surface area contributed by atoms with E-state index in [4.69, 9.17) is 9.72 Å². The number of hydrogen-bond acceptors (Lipinski definition) is 3. The van der Waals surface area contributed by atoms with Crippen molar-refractivity contribution in [2.45, 2.75) is 45.9 Å². The number of rotatable bonds is 0. The normalized spacial score (nSPS) is 18.4. The molecule has 0 saturated carbocycles. The summed E-state index contributed by atoms with van der Waals surface area (Å²) in [7, 11) is 0. The van der Waals surface area contributed by atoms with E-state index in [-0.39, 0.29) is 12.1 Å². The molecule has 1 aromatic heterocycles. The largest absolute Gasteiger partial charge is 0.444 e. The van der Waals surface area contributed by atoms with Crippen molar-refractivity contribution >= 4 is 33.1 Å². The molecule has 0 aliphatic carbocycles. The van der Waals surface area contributed by atoms with Gasteiger partial charge in [0.2, 0.25) is 0 Å². The maximum absolute atomic E-state index is 12.4. The van der Waals surface area contributed by atoms with Crippen molar-refractivity contribution < 1.29 is 9.53 Å². The summed E-state index contributed by atoms with van der Waals surface area (Å²) in [5.41, 5.74) is 1.57. The number of fused-ring (bicyclic) bond motifs is 3.